The van der Waals surface area contributed by atoms with Crippen molar-refractivity contribution in [3.8, 4) is 16.9 Å². The second-order valence-corrected chi connectivity index (χ2v) is 4.98. The second kappa shape index (κ2) is 6.25. The van der Waals surface area contributed by atoms with E-state index in [-0.39, 0.29) is 0 Å². The molecule has 2 aromatic carbocycles. The topological polar surface area (TPSA) is 20.2 Å². The van der Waals surface area contributed by atoms with E-state index >= 15 is 0 Å². The Bertz CT molecular complexity index is 638. The predicted octanol–water partition coefficient (Wildman–Crippen LogP) is 4.82. The number of hydrogen-bond acceptors (Lipinski definition) is 1. The van der Waals surface area contributed by atoms with Crippen LogP contribution in [0.5, 0.6) is 5.75 Å². The minimum absolute atomic E-state index is 0.311. The number of aromatic hydroxyl groups is 1. The quantitative estimate of drug-likeness (QED) is 0.767. The van der Waals surface area contributed by atoms with Gasteiger partial charge in [-0.1, -0.05) is 36.4 Å². The normalized spacial score (nSPS) is 10.2. The first kappa shape index (κ1) is 14.1. The summed E-state index contributed by atoms with van der Waals surface area (Å²) in [6, 6.07) is 12.0. The Hall–Kier alpha value is -2.28. The van der Waals surface area contributed by atoms with E-state index in [9.17, 15) is 5.11 Å². The van der Waals surface area contributed by atoms with Crippen LogP contribution in [0.4, 0.5) is 0 Å². The first-order valence-electron chi connectivity index (χ1n) is 6.79. The molecular formula is C19H20O. The average molecular weight is 264 g/mol. The molecule has 0 aromatic heterocycles. The molecule has 102 valence electrons. The number of hydrogen-bond donors (Lipinski definition) is 1. The van der Waals surface area contributed by atoms with Crippen LogP contribution in [-0.2, 0) is 12.8 Å². The Morgan fingerprint density at radius 1 is 1.00 bits per heavy atom. The van der Waals surface area contributed by atoms with Crippen LogP contribution in [0.2, 0.25) is 0 Å². The van der Waals surface area contributed by atoms with Crippen LogP contribution in [0.1, 0.15) is 16.7 Å². The van der Waals surface area contributed by atoms with Gasteiger partial charge in [0.2, 0.25) is 0 Å². The van der Waals surface area contributed by atoms with Crippen LogP contribution in [0, 0.1) is 6.92 Å². The van der Waals surface area contributed by atoms with Gasteiger partial charge < -0.3 is 5.11 Å². The fourth-order valence-electron chi connectivity index (χ4n) is 2.32. The first-order chi connectivity index (χ1) is 9.65. The van der Waals surface area contributed by atoms with Crippen molar-refractivity contribution in [1.82, 2.24) is 0 Å². The molecule has 1 heteroatoms. The Balaban J connectivity index is 2.49. The van der Waals surface area contributed by atoms with Crippen LogP contribution >= 0.6 is 0 Å². The van der Waals surface area contributed by atoms with Gasteiger partial charge in [0.15, 0.2) is 0 Å². The number of aryl methyl sites for hydroxylation is 1. The summed E-state index contributed by atoms with van der Waals surface area (Å²) in [5.74, 6) is 0.311. The molecule has 0 fully saturated rings. The van der Waals surface area contributed by atoms with Gasteiger partial charge in [-0.15, -0.1) is 13.2 Å². The monoisotopic (exact) mass is 264 g/mol. The van der Waals surface area contributed by atoms with Gasteiger partial charge in [-0.25, -0.2) is 0 Å². The van der Waals surface area contributed by atoms with Crippen molar-refractivity contribution in [2.45, 2.75) is 19.8 Å². The lowest BCUT2D eigenvalue weighted by Gasteiger charge is -2.10. The SMILES string of the molecule is C=CCc1ccc(O)c(-c2ccc(C)c(CC=C)c2)c1. The Kier molecular flexibility index (Phi) is 4.41. The van der Waals surface area contributed by atoms with Crippen LogP contribution in [0.15, 0.2) is 61.7 Å². The van der Waals surface area contributed by atoms with Gasteiger partial charge in [0.05, 0.1) is 0 Å². The minimum Gasteiger partial charge on any atom is -0.507 e. The summed E-state index contributed by atoms with van der Waals surface area (Å²) in [6.45, 7) is 9.65. The number of phenolic OH excluding ortho intramolecular Hbond substituents is 1. The smallest absolute Gasteiger partial charge is 0.123 e. The van der Waals surface area contributed by atoms with E-state index in [0.29, 0.717) is 5.75 Å². The summed E-state index contributed by atoms with van der Waals surface area (Å²) in [5, 5.41) is 10.1. The van der Waals surface area contributed by atoms with E-state index in [0.717, 1.165) is 29.5 Å². The summed E-state index contributed by atoms with van der Waals surface area (Å²) in [5.41, 5.74) is 5.55. The highest BCUT2D eigenvalue weighted by atomic mass is 16.3. The third-order valence-electron chi connectivity index (χ3n) is 3.47. The number of rotatable bonds is 5. The van der Waals surface area contributed by atoms with E-state index in [1.165, 1.54) is 11.1 Å². The lowest BCUT2D eigenvalue weighted by molar-refractivity contribution is 0.477. The first-order valence-corrected chi connectivity index (χ1v) is 6.79. The van der Waals surface area contributed by atoms with Crippen LogP contribution in [-0.4, -0.2) is 5.11 Å². The molecule has 20 heavy (non-hydrogen) atoms. The predicted molar refractivity (Wildman–Crippen MR) is 86.1 cm³/mol. The maximum Gasteiger partial charge on any atom is 0.123 e. The Morgan fingerprint density at radius 3 is 2.45 bits per heavy atom. The molecule has 1 nitrogen and oxygen atoms in total. The number of benzene rings is 2. The van der Waals surface area contributed by atoms with Crippen molar-refractivity contribution < 1.29 is 5.11 Å². The van der Waals surface area contributed by atoms with E-state index in [1.807, 2.05) is 24.3 Å². The molecule has 0 aliphatic carbocycles. The van der Waals surface area contributed by atoms with Gasteiger partial charge in [0.1, 0.15) is 5.75 Å². The van der Waals surface area contributed by atoms with Crippen molar-refractivity contribution in [2.75, 3.05) is 0 Å². The average Bonchev–Trinajstić information content (AvgIpc) is 2.44. The highest BCUT2D eigenvalue weighted by molar-refractivity contribution is 5.72. The van der Waals surface area contributed by atoms with E-state index in [4.69, 9.17) is 0 Å². The van der Waals surface area contributed by atoms with Gasteiger partial charge in [0, 0.05) is 5.56 Å². The van der Waals surface area contributed by atoms with Gasteiger partial charge in [-0.05, 0) is 54.2 Å². The van der Waals surface area contributed by atoms with E-state index in [2.05, 4.69) is 38.3 Å². The molecule has 0 aliphatic rings. The van der Waals surface area contributed by atoms with Crippen LogP contribution < -0.4 is 0 Å². The molecule has 0 heterocycles. The highest BCUT2D eigenvalue weighted by Crippen LogP contribution is 2.31. The maximum atomic E-state index is 10.1. The van der Waals surface area contributed by atoms with Crippen molar-refractivity contribution >= 4 is 0 Å². The largest absolute Gasteiger partial charge is 0.507 e. The summed E-state index contributed by atoms with van der Waals surface area (Å²) >= 11 is 0. The van der Waals surface area contributed by atoms with Crippen molar-refractivity contribution in [3.63, 3.8) is 0 Å². The molecule has 2 aromatic rings. The molecule has 0 saturated heterocycles. The zero-order chi connectivity index (χ0) is 14.5. The van der Waals surface area contributed by atoms with Gasteiger partial charge in [0.25, 0.3) is 0 Å². The third kappa shape index (κ3) is 3.00. The molecular weight excluding hydrogens is 244 g/mol. The Morgan fingerprint density at radius 2 is 1.75 bits per heavy atom. The van der Waals surface area contributed by atoms with Crippen molar-refractivity contribution in [1.29, 1.82) is 0 Å². The molecule has 2 rings (SSSR count). The summed E-state index contributed by atoms with van der Waals surface area (Å²) in [6.07, 6.45) is 5.42. The minimum atomic E-state index is 0.311. The van der Waals surface area contributed by atoms with Crippen LogP contribution in [0.25, 0.3) is 11.1 Å². The Labute approximate surface area is 120 Å². The summed E-state index contributed by atoms with van der Waals surface area (Å²) in [4.78, 5) is 0. The van der Waals surface area contributed by atoms with E-state index in [1.54, 1.807) is 6.07 Å². The third-order valence-corrected chi connectivity index (χ3v) is 3.47. The second-order valence-electron chi connectivity index (χ2n) is 4.98. The molecule has 0 unspecified atom stereocenters. The molecule has 0 atom stereocenters. The van der Waals surface area contributed by atoms with Crippen molar-refractivity contribution in [2.24, 2.45) is 0 Å². The zero-order valence-electron chi connectivity index (χ0n) is 11.9. The lowest BCUT2D eigenvalue weighted by Crippen LogP contribution is -1.90. The fraction of sp³-hybridized carbons (Fsp3) is 0.158. The summed E-state index contributed by atoms with van der Waals surface area (Å²) in [7, 11) is 0. The number of allylic oxidation sites excluding steroid dienone is 2. The molecule has 0 amide bonds. The maximum absolute atomic E-state index is 10.1. The van der Waals surface area contributed by atoms with Gasteiger partial charge >= 0.3 is 0 Å². The molecule has 1 N–H and O–H groups in total. The standard InChI is InChI=1S/C19H20O/c1-4-6-15-9-11-19(20)18(12-15)17-10-8-14(3)16(13-17)7-5-2/h4-5,8-13,20H,1-2,6-7H2,3H3. The molecule has 0 radical (unpaired) electrons. The number of phenols is 1. The van der Waals surface area contributed by atoms with E-state index < -0.39 is 0 Å². The zero-order valence-corrected chi connectivity index (χ0v) is 11.9. The highest BCUT2D eigenvalue weighted by Gasteiger charge is 2.07. The van der Waals surface area contributed by atoms with Gasteiger partial charge in [-0.2, -0.15) is 0 Å². The fourth-order valence-corrected chi connectivity index (χ4v) is 2.32. The van der Waals surface area contributed by atoms with Gasteiger partial charge in [-0.3, -0.25) is 0 Å². The molecule has 0 saturated carbocycles. The molecule has 0 spiro atoms. The molecule has 0 aliphatic heterocycles. The van der Waals surface area contributed by atoms with Crippen molar-refractivity contribution in [3.05, 3.63) is 78.4 Å². The summed E-state index contributed by atoms with van der Waals surface area (Å²) < 4.78 is 0. The van der Waals surface area contributed by atoms with Crippen LogP contribution in [0.3, 0.4) is 0 Å². The molecule has 0 bridgehead atoms. The lowest BCUT2D eigenvalue weighted by atomic mass is 9.96.